The number of aryl methyl sites for hydroxylation is 1. The largest absolute Gasteiger partial charge is 0.282 e. The van der Waals surface area contributed by atoms with Crippen molar-refractivity contribution in [3.8, 4) is 0 Å². The van der Waals surface area contributed by atoms with Crippen molar-refractivity contribution in [3.63, 3.8) is 0 Å². The molecular formula is C15H24N2O2S2. The molecule has 0 N–H and O–H groups in total. The molecule has 0 aromatic carbocycles. The lowest BCUT2D eigenvalue weighted by Crippen LogP contribution is -2.50. The second-order valence-electron chi connectivity index (χ2n) is 5.99. The van der Waals surface area contributed by atoms with Gasteiger partial charge >= 0.3 is 0 Å². The number of rotatable bonds is 5. The molecule has 2 saturated heterocycles. The molecule has 0 aliphatic carbocycles. The van der Waals surface area contributed by atoms with Crippen LogP contribution in [0.15, 0.2) is 17.5 Å². The minimum atomic E-state index is -3.23. The zero-order valence-corrected chi connectivity index (χ0v) is 14.0. The number of nitrogens with zero attached hydrogens (tertiary/aromatic N) is 2. The highest BCUT2D eigenvalue weighted by molar-refractivity contribution is 7.86. The molecule has 1 unspecified atom stereocenters. The second kappa shape index (κ2) is 6.77. The van der Waals surface area contributed by atoms with Crippen molar-refractivity contribution in [2.75, 3.05) is 19.6 Å². The van der Waals surface area contributed by atoms with Crippen molar-refractivity contribution in [3.05, 3.63) is 22.4 Å². The van der Waals surface area contributed by atoms with Gasteiger partial charge in [0.05, 0.1) is 0 Å². The van der Waals surface area contributed by atoms with Crippen LogP contribution in [0.1, 0.15) is 43.4 Å². The standard InChI is InChI=1S/C15H24N2O2S2/c18-21(19,16-10-3-4-11-16)17-12-2-1-6-14(17)8-9-15-7-5-13-20-15/h5,7,13-14H,1-4,6,8-12H2. The van der Waals surface area contributed by atoms with E-state index in [0.29, 0.717) is 19.6 Å². The van der Waals surface area contributed by atoms with E-state index in [2.05, 4.69) is 17.5 Å². The topological polar surface area (TPSA) is 40.6 Å². The zero-order chi connectivity index (χ0) is 14.7. The zero-order valence-electron chi connectivity index (χ0n) is 12.4. The Labute approximate surface area is 131 Å². The molecule has 1 aromatic heterocycles. The molecule has 3 heterocycles. The third-order valence-corrected chi connectivity index (χ3v) is 7.59. The number of hydrogen-bond donors (Lipinski definition) is 0. The Morgan fingerprint density at radius 1 is 1.14 bits per heavy atom. The quantitative estimate of drug-likeness (QED) is 0.834. The summed E-state index contributed by atoms with van der Waals surface area (Å²) in [6.07, 6.45) is 7.13. The van der Waals surface area contributed by atoms with E-state index in [0.717, 1.165) is 44.9 Å². The molecule has 21 heavy (non-hydrogen) atoms. The van der Waals surface area contributed by atoms with Gasteiger partial charge in [-0.15, -0.1) is 11.3 Å². The summed E-state index contributed by atoms with van der Waals surface area (Å²) in [6, 6.07) is 4.40. The minimum Gasteiger partial charge on any atom is -0.195 e. The van der Waals surface area contributed by atoms with Gasteiger partial charge in [0.15, 0.2) is 0 Å². The number of hydrogen-bond acceptors (Lipinski definition) is 3. The molecule has 0 spiro atoms. The van der Waals surface area contributed by atoms with E-state index < -0.39 is 10.2 Å². The summed E-state index contributed by atoms with van der Waals surface area (Å²) in [4.78, 5) is 1.36. The van der Waals surface area contributed by atoms with Gasteiger partial charge in [-0.05, 0) is 50.0 Å². The predicted octanol–water partition coefficient (Wildman–Crippen LogP) is 2.88. The van der Waals surface area contributed by atoms with Crippen LogP contribution >= 0.6 is 11.3 Å². The summed E-state index contributed by atoms with van der Waals surface area (Å²) >= 11 is 1.77. The van der Waals surface area contributed by atoms with Crippen LogP contribution in [-0.2, 0) is 16.6 Å². The molecule has 6 heteroatoms. The van der Waals surface area contributed by atoms with Gasteiger partial charge < -0.3 is 0 Å². The van der Waals surface area contributed by atoms with Crippen LogP contribution in [0, 0.1) is 0 Å². The van der Waals surface area contributed by atoms with Crippen molar-refractivity contribution in [2.24, 2.45) is 0 Å². The molecule has 3 rings (SSSR count). The Morgan fingerprint density at radius 2 is 1.90 bits per heavy atom. The van der Waals surface area contributed by atoms with E-state index in [1.54, 1.807) is 19.9 Å². The summed E-state index contributed by atoms with van der Waals surface area (Å²) in [5.74, 6) is 0. The summed E-state index contributed by atoms with van der Waals surface area (Å²) in [7, 11) is -3.23. The third kappa shape index (κ3) is 3.50. The van der Waals surface area contributed by atoms with Gasteiger partial charge in [-0.1, -0.05) is 12.5 Å². The van der Waals surface area contributed by atoms with Crippen molar-refractivity contribution < 1.29 is 8.42 Å². The van der Waals surface area contributed by atoms with E-state index >= 15 is 0 Å². The highest BCUT2D eigenvalue weighted by Gasteiger charge is 2.37. The Bertz CT molecular complexity index is 536. The molecule has 0 saturated carbocycles. The Morgan fingerprint density at radius 3 is 2.62 bits per heavy atom. The van der Waals surface area contributed by atoms with Crippen LogP contribution in [-0.4, -0.2) is 42.7 Å². The van der Waals surface area contributed by atoms with Crippen molar-refractivity contribution in [1.82, 2.24) is 8.61 Å². The molecular weight excluding hydrogens is 304 g/mol. The monoisotopic (exact) mass is 328 g/mol. The van der Waals surface area contributed by atoms with Crippen molar-refractivity contribution in [2.45, 2.75) is 51.0 Å². The molecule has 1 aromatic rings. The van der Waals surface area contributed by atoms with Crippen molar-refractivity contribution >= 4 is 21.5 Å². The first-order valence-corrected chi connectivity index (χ1v) is 10.2. The molecule has 0 radical (unpaired) electrons. The van der Waals surface area contributed by atoms with Gasteiger partial charge in [0.2, 0.25) is 0 Å². The Kier molecular flexibility index (Phi) is 4.99. The molecule has 118 valence electrons. The first-order chi connectivity index (χ1) is 10.2. The maximum atomic E-state index is 12.8. The molecule has 4 nitrogen and oxygen atoms in total. The maximum Gasteiger partial charge on any atom is 0.282 e. The Balaban J connectivity index is 1.68. The highest BCUT2D eigenvalue weighted by Crippen LogP contribution is 2.28. The average molecular weight is 329 g/mol. The molecule has 2 aliphatic rings. The molecule has 2 aliphatic heterocycles. The fourth-order valence-corrected chi connectivity index (χ4v) is 6.09. The van der Waals surface area contributed by atoms with Crippen molar-refractivity contribution in [1.29, 1.82) is 0 Å². The lowest BCUT2D eigenvalue weighted by atomic mass is 10.0. The fraction of sp³-hybridized carbons (Fsp3) is 0.733. The van der Waals surface area contributed by atoms with E-state index in [1.807, 2.05) is 0 Å². The average Bonchev–Trinajstić information content (AvgIpc) is 3.18. The minimum absolute atomic E-state index is 0.187. The van der Waals surface area contributed by atoms with Crippen LogP contribution in [0.4, 0.5) is 0 Å². The lowest BCUT2D eigenvalue weighted by molar-refractivity contribution is 0.226. The lowest BCUT2D eigenvalue weighted by Gasteiger charge is -2.37. The van der Waals surface area contributed by atoms with E-state index in [1.165, 1.54) is 4.88 Å². The Hall–Kier alpha value is -0.430. The van der Waals surface area contributed by atoms with Gasteiger partial charge in [-0.25, -0.2) is 0 Å². The predicted molar refractivity (Wildman–Crippen MR) is 86.7 cm³/mol. The van der Waals surface area contributed by atoms with E-state index in [4.69, 9.17) is 0 Å². The first-order valence-electron chi connectivity index (χ1n) is 7.97. The van der Waals surface area contributed by atoms with Gasteiger partial charge in [0.25, 0.3) is 10.2 Å². The summed E-state index contributed by atoms with van der Waals surface area (Å²) in [5.41, 5.74) is 0. The number of thiophene rings is 1. The normalized spacial score (nSPS) is 25.4. The first kappa shape index (κ1) is 15.5. The summed E-state index contributed by atoms with van der Waals surface area (Å²) < 4.78 is 29.1. The molecule has 2 fully saturated rings. The molecule has 1 atom stereocenters. The fourth-order valence-electron chi connectivity index (χ4n) is 3.40. The van der Waals surface area contributed by atoms with Crippen LogP contribution in [0.5, 0.6) is 0 Å². The number of piperidine rings is 1. The summed E-state index contributed by atoms with van der Waals surface area (Å²) in [6.45, 7) is 2.11. The third-order valence-electron chi connectivity index (χ3n) is 4.56. The van der Waals surface area contributed by atoms with Crippen LogP contribution in [0.3, 0.4) is 0 Å². The highest BCUT2D eigenvalue weighted by atomic mass is 32.2. The van der Waals surface area contributed by atoms with Gasteiger partial charge in [0.1, 0.15) is 0 Å². The second-order valence-corrected chi connectivity index (χ2v) is 8.91. The van der Waals surface area contributed by atoms with Crippen LogP contribution in [0.2, 0.25) is 0 Å². The summed E-state index contributed by atoms with van der Waals surface area (Å²) in [5, 5.41) is 2.09. The van der Waals surface area contributed by atoms with Crippen LogP contribution in [0.25, 0.3) is 0 Å². The smallest absolute Gasteiger partial charge is 0.195 e. The van der Waals surface area contributed by atoms with Gasteiger partial charge in [-0.3, -0.25) is 0 Å². The molecule has 0 amide bonds. The van der Waals surface area contributed by atoms with E-state index in [-0.39, 0.29) is 6.04 Å². The molecule has 0 bridgehead atoms. The van der Waals surface area contributed by atoms with Gasteiger partial charge in [-0.2, -0.15) is 17.0 Å². The van der Waals surface area contributed by atoms with Crippen LogP contribution < -0.4 is 0 Å². The van der Waals surface area contributed by atoms with E-state index in [9.17, 15) is 8.42 Å². The maximum absolute atomic E-state index is 12.8. The van der Waals surface area contributed by atoms with Gasteiger partial charge in [0, 0.05) is 30.6 Å². The SMILES string of the molecule is O=S(=O)(N1CCCC1)N1CCCCC1CCc1cccs1.